The lowest BCUT2D eigenvalue weighted by Gasteiger charge is -2.22. The fourth-order valence-electron chi connectivity index (χ4n) is 1.27. The Morgan fingerprint density at radius 1 is 1.12 bits per heavy atom. The van der Waals surface area contributed by atoms with Crippen LogP contribution in [0.3, 0.4) is 0 Å². The maximum Gasteiger partial charge on any atom is 0.237 e. The lowest BCUT2D eigenvalue weighted by molar-refractivity contribution is -0.141. The van der Waals surface area contributed by atoms with Crippen LogP contribution >= 0.6 is 0 Å². The van der Waals surface area contributed by atoms with Gasteiger partial charge in [0.1, 0.15) is 0 Å². The fraction of sp³-hybridized carbons (Fsp3) is 0.667. The quantitative estimate of drug-likeness (QED) is 0.456. The van der Waals surface area contributed by atoms with Gasteiger partial charge in [-0.1, -0.05) is 6.92 Å². The molecule has 3 amide bonds. The molecule has 92 valence electrons. The molecule has 0 aliphatic rings. The first-order valence-electron chi connectivity index (χ1n) is 4.94. The molecule has 0 aliphatic heterocycles. The standard InChI is InChI=1S/C9H18N4O3/c1-6(2-3-10)9(16)13(4-7(11)14)5-8(12)15/h6H,2-5,10H2,1H3,(H2,11,14)(H2,12,15). The summed E-state index contributed by atoms with van der Waals surface area (Å²) in [5.74, 6) is -2.07. The monoisotopic (exact) mass is 230 g/mol. The number of amides is 3. The SMILES string of the molecule is CC(CCN)C(=O)N(CC(N)=O)CC(N)=O. The van der Waals surface area contributed by atoms with Crippen molar-refractivity contribution in [3.05, 3.63) is 0 Å². The molecule has 7 nitrogen and oxygen atoms in total. The van der Waals surface area contributed by atoms with E-state index in [0.29, 0.717) is 13.0 Å². The number of rotatable bonds is 7. The van der Waals surface area contributed by atoms with Crippen LogP contribution in [-0.4, -0.2) is 42.3 Å². The number of carbonyl (C=O) groups excluding carboxylic acids is 3. The Morgan fingerprint density at radius 2 is 1.56 bits per heavy atom. The summed E-state index contributed by atoms with van der Waals surface area (Å²) in [6.07, 6.45) is 0.479. The minimum atomic E-state index is -0.686. The highest BCUT2D eigenvalue weighted by atomic mass is 16.2. The largest absolute Gasteiger partial charge is 0.368 e. The summed E-state index contributed by atoms with van der Waals surface area (Å²) < 4.78 is 0. The van der Waals surface area contributed by atoms with Gasteiger partial charge < -0.3 is 22.1 Å². The Hall–Kier alpha value is -1.63. The van der Waals surface area contributed by atoms with E-state index in [4.69, 9.17) is 17.2 Å². The van der Waals surface area contributed by atoms with Crippen LogP contribution in [0.1, 0.15) is 13.3 Å². The van der Waals surface area contributed by atoms with Gasteiger partial charge in [0.05, 0.1) is 13.1 Å². The first-order valence-corrected chi connectivity index (χ1v) is 4.94. The number of nitrogens with two attached hydrogens (primary N) is 3. The van der Waals surface area contributed by atoms with Crippen LogP contribution in [0.4, 0.5) is 0 Å². The van der Waals surface area contributed by atoms with Crippen molar-refractivity contribution in [2.24, 2.45) is 23.1 Å². The van der Waals surface area contributed by atoms with E-state index in [1.54, 1.807) is 6.92 Å². The summed E-state index contributed by atoms with van der Waals surface area (Å²) in [4.78, 5) is 34.3. The molecular weight excluding hydrogens is 212 g/mol. The van der Waals surface area contributed by atoms with E-state index in [0.717, 1.165) is 4.90 Å². The van der Waals surface area contributed by atoms with Crippen molar-refractivity contribution in [2.45, 2.75) is 13.3 Å². The van der Waals surface area contributed by atoms with Crippen LogP contribution in [0.15, 0.2) is 0 Å². The van der Waals surface area contributed by atoms with Crippen LogP contribution < -0.4 is 17.2 Å². The van der Waals surface area contributed by atoms with Crippen molar-refractivity contribution >= 4 is 17.7 Å². The normalized spacial score (nSPS) is 11.9. The fourth-order valence-corrected chi connectivity index (χ4v) is 1.27. The molecule has 0 spiro atoms. The van der Waals surface area contributed by atoms with Crippen LogP contribution in [0.5, 0.6) is 0 Å². The molecule has 0 heterocycles. The summed E-state index contributed by atoms with van der Waals surface area (Å²) in [5.41, 5.74) is 15.3. The molecular formula is C9H18N4O3. The van der Waals surface area contributed by atoms with Gasteiger partial charge in [0.2, 0.25) is 17.7 Å². The third kappa shape index (κ3) is 5.30. The second kappa shape index (κ2) is 6.78. The maximum absolute atomic E-state index is 11.8. The zero-order valence-corrected chi connectivity index (χ0v) is 9.31. The Balaban J connectivity index is 4.54. The van der Waals surface area contributed by atoms with Gasteiger partial charge in [-0.05, 0) is 13.0 Å². The summed E-state index contributed by atoms with van der Waals surface area (Å²) in [7, 11) is 0. The topological polar surface area (TPSA) is 133 Å². The Kier molecular flexibility index (Phi) is 6.09. The number of hydrogen-bond acceptors (Lipinski definition) is 4. The van der Waals surface area contributed by atoms with Crippen LogP contribution in [0.2, 0.25) is 0 Å². The van der Waals surface area contributed by atoms with Gasteiger partial charge in [-0.15, -0.1) is 0 Å². The van der Waals surface area contributed by atoms with Gasteiger partial charge >= 0.3 is 0 Å². The summed E-state index contributed by atoms with van der Waals surface area (Å²) >= 11 is 0. The lowest BCUT2D eigenvalue weighted by atomic mass is 10.1. The Bertz CT molecular complexity index is 264. The van der Waals surface area contributed by atoms with E-state index in [1.165, 1.54) is 0 Å². The van der Waals surface area contributed by atoms with Crippen molar-refractivity contribution in [3.63, 3.8) is 0 Å². The molecule has 0 aromatic carbocycles. The molecule has 6 N–H and O–H groups in total. The molecule has 0 radical (unpaired) electrons. The number of nitrogens with zero attached hydrogens (tertiary/aromatic N) is 1. The number of primary amides is 2. The molecule has 0 aromatic heterocycles. The second-order valence-corrected chi connectivity index (χ2v) is 3.61. The minimum absolute atomic E-state index is 0.309. The molecule has 0 fully saturated rings. The molecule has 0 saturated carbocycles. The maximum atomic E-state index is 11.8. The predicted molar refractivity (Wildman–Crippen MR) is 57.8 cm³/mol. The van der Waals surface area contributed by atoms with Crippen molar-refractivity contribution in [2.75, 3.05) is 19.6 Å². The average molecular weight is 230 g/mol. The van der Waals surface area contributed by atoms with E-state index in [2.05, 4.69) is 0 Å². The van der Waals surface area contributed by atoms with Crippen molar-refractivity contribution in [1.29, 1.82) is 0 Å². The first-order chi connectivity index (χ1) is 7.38. The zero-order valence-electron chi connectivity index (χ0n) is 9.31. The smallest absolute Gasteiger partial charge is 0.237 e. The van der Waals surface area contributed by atoms with Gasteiger partial charge in [-0.2, -0.15) is 0 Å². The first kappa shape index (κ1) is 14.4. The third-order valence-electron chi connectivity index (χ3n) is 2.03. The molecule has 0 rings (SSSR count). The summed E-state index contributed by atoms with van der Waals surface area (Å²) in [6, 6.07) is 0. The van der Waals surface area contributed by atoms with E-state index in [1.807, 2.05) is 0 Å². The highest BCUT2D eigenvalue weighted by Gasteiger charge is 2.22. The predicted octanol–water partition coefficient (Wildman–Crippen LogP) is -2.23. The zero-order chi connectivity index (χ0) is 12.7. The van der Waals surface area contributed by atoms with Crippen LogP contribution in [0, 0.1) is 5.92 Å². The van der Waals surface area contributed by atoms with E-state index in [-0.39, 0.29) is 24.9 Å². The lowest BCUT2D eigenvalue weighted by Crippen LogP contribution is -2.45. The van der Waals surface area contributed by atoms with Gasteiger partial charge in [0, 0.05) is 5.92 Å². The van der Waals surface area contributed by atoms with Crippen molar-refractivity contribution < 1.29 is 14.4 Å². The average Bonchev–Trinajstić information content (AvgIpc) is 2.14. The van der Waals surface area contributed by atoms with Gasteiger partial charge in [-0.3, -0.25) is 14.4 Å². The van der Waals surface area contributed by atoms with Gasteiger partial charge in [0.15, 0.2) is 0 Å². The van der Waals surface area contributed by atoms with Crippen molar-refractivity contribution in [1.82, 2.24) is 4.90 Å². The van der Waals surface area contributed by atoms with Crippen molar-refractivity contribution in [3.8, 4) is 0 Å². The third-order valence-corrected chi connectivity index (χ3v) is 2.03. The molecule has 0 bridgehead atoms. The summed E-state index contributed by atoms with van der Waals surface area (Å²) in [6.45, 7) is 1.41. The second-order valence-electron chi connectivity index (χ2n) is 3.61. The molecule has 1 atom stereocenters. The number of hydrogen-bond donors (Lipinski definition) is 3. The molecule has 0 saturated heterocycles. The number of carbonyl (C=O) groups is 3. The summed E-state index contributed by atoms with van der Waals surface area (Å²) in [5, 5.41) is 0. The highest BCUT2D eigenvalue weighted by Crippen LogP contribution is 2.05. The van der Waals surface area contributed by atoms with Crippen LogP contribution in [0.25, 0.3) is 0 Å². The Morgan fingerprint density at radius 3 is 1.88 bits per heavy atom. The van der Waals surface area contributed by atoms with Gasteiger partial charge in [0.25, 0.3) is 0 Å². The van der Waals surface area contributed by atoms with E-state index >= 15 is 0 Å². The molecule has 1 unspecified atom stereocenters. The van der Waals surface area contributed by atoms with E-state index < -0.39 is 11.8 Å². The Labute approximate surface area is 93.9 Å². The molecule has 0 aromatic rings. The highest BCUT2D eigenvalue weighted by molar-refractivity contribution is 5.88. The van der Waals surface area contributed by atoms with Gasteiger partial charge in [-0.25, -0.2) is 0 Å². The minimum Gasteiger partial charge on any atom is -0.368 e. The molecule has 0 aliphatic carbocycles. The molecule has 16 heavy (non-hydrogen) atoms. The van der Waals surface area contributed by atoms with E-state index in [9.17, 15) is 14.4 Å². The molecule has 7 heteroatoms. The van der Waals surface area contributed by atoms with Crippen LogP contribution in [-0.2, 0) is 14.4 Å².